The van der Waals surface area contributed by atoms with Crippen molar-refractivity contribution in [1.82, 2.24) is 0 Å². The zero-order valence-corrected chi connectivity index (χ0v) is 13.9. The molecule has 2 fully saturated rings. The number of hydrogen-bond donors (Lipinski definition) is 1. The number of carbonyl (C=O) groups is 1. The van der Waals surface area contributed by atoms with Gasteiger partial charge in [-0.15, -0.1) is 0 Å². The molecule has 0 amide bonds. The minimum atomic E-state index is -0.0841. The number of hydrogen-bond acceptors (Lipinski definition) is 3. The molecule has 22 heavy (non-hydrogen) atoms. The maximum atomic E-state index is 12.7. The predicted octanol–water partition coefficient (Wildman–Crippen LogP) is 1.46. The molecule has 122 valence electrons. The second kappa shape index (κ2) is 5.07. The Morgan fingerprint density at radius 1 is 1.18 bits per heavy atom. The molecule has 2 bridgehead atoms. The van der Waals surface area contributed by atoms with E-state index in [9.17, 15) is 4.79 Å². The lowest BCUT2D eigenvalue weighted by molar-refractivity contribution is -0.987. The lowest BCUT2D eigenvalue weighted by atomic mass is 9.67. The summed E-state index contributed by atoms with van der Waals surface area (Å²) in [5.41, 5.74) is 1.02. The van der Waals surface area contributed by atoms with Crippen molar-refractivity contribution < 1.29 is 19.2 Å². The molecule has 0 aromatic carbocycles. The molecule has 1 N–H and O–H groups in total. The number of carbonyl (C=O) groups excluding carboxylic acids is 1. The van der Waals surface area contributed by atoms with E-state index in [1.54, 1.807) is 4.90 Å². The molecule has 0 radical (unpaired) electrons. The van der Waals surface area contributed by atoms with E-state index < -0.39 is 0 Å². The third-order valence-corrected chi connectivity index (χ3v) is 6.06. The molecule has 2 aliphatic carbocycles. The maximum absolute atomic E-state index is 12.7. The smallest absolute Gasteiger partial charge is 0.241 e. The van der Waals surface area contributed by atoms with Gasteiger partial charge in [0.15, 0.2) is 5.78 Å². The minimum Gasteiger partial charge on any atom is -0.444 e. The molecule has 4 nitrogen and oxygen atoms in total. The Bertz CT molecular complexity index is 518. The van der Waals surface area contributed by atoms with Gasteiger partial charge < -0.3 is 9.47 Å². The van der Waals surface area contributed by atoms with Gasteiger partial charge in [0.25, 0.3) is 0 Å². The van der Waals surface area contributed by atoms with Crippen molar-refractivity contribution in [3.05, 3.63) is 11.3 Å². The van der Waals surface area contributed by atoms with E-state index in [0.717, 1.165) is 56.9 Å². The van der Waals surface area contributed by atoms with Gasteiger partial charge in [-0.1, -0.05) is 13.8 Å². The van der Waals surface area contributed by atoms with E-state index >= 15 is 0 Å². The quantitative estimate of drug-likeness (QED) is 0.797. The first-order valence-electron chi connectivity index (χ1n) is 8.87. The van der Waals surface area contributed by atoms with Crippen molar-refractivity contribution in [3.8, 4) is 0 Å². The summed E-state index contributed by atoms with van der Waals surface area (Å²) in [6, 6.07) is 0. The van der Waals surface area contributed by atoms with Crippen LogP contribution in [0.5, 0.6) is 0 Å². The lowest BCUT2D eigenvalue weighted by Gasteiger charge is -2.51. The molecule has 4 heteroatoms. The standard InChI is InChI=1S/C18H27NO3/c1-17(2)11-14(20)16-13-4-3-5-18(10-13,22-15(16)12-17)19-6-8-21-9-7-19/h13H,3-12H2,1-2H3/p+1/t13-,18+/m1/s1. The number of rotatable bonds is 1. The molecule has 2 atom stereocenters. The van der Waals surface area contributed by atoms with Gasteiger partial charge in [-0.3, -0.25) is 9.69 Å². The monoisotopic (exact) mass is 306 g/mol. The highest BCUT2D eigenvalue weighted by Gasteiger charge is 2.54. The normalized spacial score (nSPS) is 38.5. The van der Waals surface area contributed by atoms with Crippen molar-refractivity contribution in [2.75, 3.05) is 26.3 Å². The van der Waals surface area contributed by atoms with Crippen LogP contribution in [-0.4, -0.2) is 37.8 Å². The number of allylic oxidation sites excluding steroid dienone is 2. The van der Waals surface area contributed by atoms with E-state index in [1.807, 2.05) is 0 Å². The van der Waals surface area contributed by atoms with Gasteiger partial charge >= 0.3 is 0 Å². The molecule has 0 unspecified atom stereocenters. The summed E-state index contributed by atoms with van der Waals surface area (Å²) in [7, 11) is 0. The summed E-state index contributed by atoms with van der Waals surface area (Å²) >= 11 is 0. The molecule has 1 saturated heterocycles. The average molecular weight is 306 g/mol. The van der Waals surface area contributed by atoms with Gasteiger partial charge in [-0.25, -0.2) is 0 Å². The summed E-state index contributed by atoms with van der Waals surface area (Å²) in [5.74, 6) is 1.83. The van der Waals surface area contributed by atoms with Crippen LogP contribution in [0.4, 0.5) is 0 Å². The van der Waals surface area contributed by atoms with Gasteiger partial charge in [0, 0.05) is 37.2 Å². The topological polar surface area (TPSA) is 40.0 Å². The second-order valence-electron chi connectivity index (χ2n) is 8.38. The number of quaternary nitrogens is 1. The third kappa shape index (κ3) is 2.31. The fraction of sp³-hybridized carbons (Fsp3) is 0.833. The van der Waals surface area contributed by atoms with Crippen LogP contribution in [0.1, 0.15) is 52.4 Å². The Labute approximate surface area is 132 Å². The van der Waals surface area contributed by atoms with Gasteiger partial charge in [0.2, 0.25) is 5.72 Å². The molecular weight excluding hydrogens is 278 g/mol. The third-order valence-electron chi connectivity index (χ3n) is 6.06. The number of morpholine rings is 1. The van der Waals surface area contributed by atoms with Gasteiger partial charge in [0.05, 0.1) is 13.2 Å². The lowest BCUT2D eigenvalue weighted by Crippen LogP contribution is -3.22. The van der Waals surface area contributed by atoms with Crippen LogP contribution < -0.4 is 4.90 Å². The van der Waals surface area contributed by atoms with Crippen molar-refractivity contribution in [2.45, 2.75) is 58.1 Å². The Kier molecular flexibility index (Phi) is 3.39. The van der Waals surface area contributed by atoms with Crippen molar-refractivity contribution in [3.63, 3.8) is 0 Å². The molecule has 0 aromatic rings. The first-order valence-corrected chi connectivity index (χ1v) is 8.87. The average Bonchev–Trinajstić information content (AvgIpc) is 2.46. The van der Waals surface area contributed by atoms with Crippen LogP contribution in [0.25, 0.3) is 0 Å². The molecule has 4 aliphatic rings. The highest BCUT2D eigenvalue weighted by Crippen LogP contribution is 2.49. The largest absolute Gasteiger partial charge is 0.444 e. The van der Waals surface area contributed by atoms with Crippen LogP contribution in [0.2, 0.25) is 0 Å². The minimum absolute atomic E-state index is 0.0447. The fourth-order valence-electron chi connectivity index (χ4n) is 5.10. The van der Waals surface area contributed by atoms with E-state index in [1.165, 1.54) is 12.8 Å². The molecule has 1 saturated carbocycles. The Hall–Kier alpha value is -0.870. The Balaban J connectivity index is 1.69. The predicted molar refractivity (Wildman–Crippen MR) is 82.3 cm³/mol. The SMILES string of the molecule is CC1(C)CC(=O)C2=C(C1)O[C@@]1([NH+]3CCOCC3)CCC[C@@H]2C1. The maximum Gasteiger partial charge on any atom is 0.241 e. The highest BCUT2D eigenvalue weighted by atomic mass is 16.5. The Morgan fingerprint density at radius 3 is 2.73 bits per heavy atom. The summed E-state index contributed by atoms with van der Waals surface area (Å²) in [6.45, 7) is 8.12. The van der Waals surface area contributed by atoms with E-state index in [4.69, 9.17) is 9.47 Å². The molecule has 0 spiro atoms. The Morgan fingerprint density at radius 2 is 1.95 bits per heavy atom. The zero-order chi connectivity index (χ0) is 15.4. The summed E-state index contributed by atoms with van der Waals surface area (Å²) < 4.78 is 12.2. The summed E-state index contributed by atoms with van der Waals surface area (Å²) in [5, 5.41) is 0. The van der Waals surface area contributed by atoms with Crippen LogP contribution in [0.15, 0.2) is 11.3 Å². The van der Waals surface area contributed by atoms with E-state index in [-0.39, 0.29) is 11.1 Å². The molecule has 0 aromatic heterocycles. The first-order chi connectivity index (χ1) is 10.5. The van der Waals surface area contributed by atoms with Crippen LogP contribution in [-0.2, 0) is 14.3 Å². The van der Waals surface area contributed by atoms with Crippen LogP contribution in [0, 0.1) is 11.3 Å². The zero-order valence-electron chi connectivity index (χ0n) is 13.9. The van der Waals surface area contributed by atoms with Crippen molar-refractivity contribution in [1.29, 1.82) is 0 Å². The highest BCUT2D eigenvalue weighted by molar-refractivity contribution is 5.97. The fourth-order valence-corrected chi connectivity index (χ4v) is 5.10. The van der Waals surface area contributed by atoms with E-state index in [2.05, 4.69) is 13.8 Å². The van der Waals surface area contributed by atoms with Gasteiger partial charge in [-0.2, -0.15) is 0 Å². The van der Waals surface area contributed by atoms with Crippen LogP contribution >= 0.6 is 0 Å². The second-order valence-corrected chi connectivity index (χ2v) is 8.38. The first kappa shape index (κ1) is 14.7. The molecule has 4 rings (SSSR count). The summed E-state index contributed by atoms with van der Waals surface area (Å²) in [4.78, 5) is 14.2. The van der Waals surface area contributed by atoms with Gasteiger partial charge in [0.1, 0.15) is 18.8 Å². The molecular formula is C18H28NO3+. The molecule has 2 aliphatic heterocycles. The number of ether oxygens (including phenoxy) is 2. The number of fused-ring (bicyclic) bond motifs is 3. The van der Waals surface area contributed by atoms with Crippen LogP contribution in [0.3, 0.4) is 0 Å². The van der Waals surface area contributed by atoms with E-state index in [0.29, 0.717) is 18.1 Å². The summed E-state index contributed by atoms with van der Waals surface area (Å²) in [6.07, 6.45) is 6.12. The number of nitrogens with one attached hydrogen (secondary N) is 1. The van der Waals surface area contributed by atoms with Crippen molar-refractivity contribution >= 4 is 5.78 Å². The van der Waals surface area contributed by atoms with Crippen molar-refractivity contribution in [2.24, 2.45) is 11.3 Å². The molecule has 2 heterocycles. The number of Topliss-reactive ketones (excluding diaryl/α,β-unsaturated/α-hetero) is 1. The van der Waals surface area contributed by atoms with Gasteiger partial charge in [-0.05, 0) is 18.3 Å². The number of ketones is 1.